The predicted octanol–water partition coefficient (Wildman–Crippen LogP) is 14.1. The van der Waals surface area contributed by atoms with Crippen molar-refractivity contribution in [1.82, 2.24) is 14.5 Å². The van der Waals surface area contributed by atoms with Crippen LogP contribution in [-0.4, -0.2) is 19.6 Å². The highest BCUT2D eigenvalue weighted by atomic mass is 16.3. The van der Waals surface area contributed by atoms with E-state index >= 15 is 0 Å². The van der Waals surface area contributed by atoms with E-state index in [0.717, 1.165) is 88.7 Å². The van der Waals surface area contributed by atoms with E-state index < -0.39 is 0 Å². The third-order valence-corrected chi connectivity index (χ3v) is 11.5. The maximum atomic E-state index is 11.4. The van der Waals surface area contributed by atoms with Crippen LogP contribution in [0.4, 0.5) is 0 Å². The second-order valence-electron chi connectivity index (χ2n) is 15.3. The van der Waals surface area contributed by atoms with Crippen LogP contribution in [0.2, 0.25) is 0 Å². The minimum atomic E-state index is 0.163. The van der Waals surface area contributed by atoms with Crippen molar-refractivity contribution in [3.63, 3.8) is 0 Å². The maximum absolute atomic E-state index is 11.4. The summed E-state index contributed by atoms with van der Waals surface area (Å²) in [6.07, 6.45) is 1.88. The molecule has 0 bridgehead atoms. The number of pyridine rings is 1. The number of nitrogens with zero attached hydrogens (tertiary/aromatic N) is 3. The zero-order valence-corrected chi connectivity index (χ0v) is 32.5. The Morgan fingerprint density at radius 1 is 0.492 bits per heavy atom. The summed E-state index contributed by atoms with van der Waals surface area (Å²) < 4.78 is 9.03. The first kappa shape index (κ1) is 34.5. The van der Waals surface area contributed by atoms with E-state index in [1.54, 1.807) is 6.07 Å². The molecule has 0 spiro atoms. The molecule has 5 heteroatoms. The van der Waals surface area contributed by atoms with E-state index in [2.05, 4.69) is 158 Å². The molecule has 280 valence electrons. The lowest BCUT2D eigenvalue weighted by Gasteiger charge is -2.16. The molecule has 0 aliphatic heterocycles. The summed E-state index contributed by atoms with van der Waals surface area (Å²) in [5.41, 5.74) is 15.4. The fourth-order valence-corrected chi connectivity index (χ4v) is 8.81. The predicted molar refractivity (Wildman–Crippen MR) is 242 cm³/mol. The topological polar surface area (TPSA) is 64.1 Å². The number of imidazole rings is 1. The Labute approximate surface area is 341 Å². The van der Waals surface area contributed by atoms with Gasteiger partial charge in [-0.1, -0.05) is 127 Å². The van der Waals surface area contributed by atoms with Crippen LogP contribution < -0.4 is 0 Å². The van der Waals surface area contributed by atoms with Crippen molar-refractivity contribution < 1.29 is 9.52 Å². The SMILES string of the molecule is Cc1cc(C)c2ccc3c4ccnc(-c5cccc(-c6cc(-c7ccccc7)cc7c6nc(-c6ccccc6O)n7-c6ccccc6-c6ccccc6)c5)c4oc3c2c1. The first-order valence-corrected chi connectivity index (χ1v) is 19.9. The molecule has 3 aromatic heterocycles. The first-order chi connectivity index (χ1) is 29.0. The van der Waals surface area contributed by atoms with Gasteiger partial charge in [-0.05, 0) is 102 Å². The van der Waals surface area contributed by atoms with Crippen molar-refractivity contribution in [2.24, 2.45) is 0 Å². The van der Waals surface area contributed by atoms with Crippen molar-refractivity contribution >= 4 is 43.7 Å². The molecule has 8 aromatic carbocycles. The molecular weight excluding hydrogens is 723 g/mol. The molecule has 3 heterocycles. The summed E-state index contributed by atoms with van der Waals surface area (Å²) in [5, 5.41) is 15.8. The Hall–Kier alpha value is -7.76. The standard InChI is InChI=1S/C54H37N3O2/c1-33-28-34(2)40-24-25-42-43-26-27-55-50(53(43)59-52(42)46(40)29-33)38-19-13-18-37(30-38)45-31-39(35-14-5-3-6-15-35)32-48-51(45)56-54(44-21-10-12-23-49(44)58)57(48)47-22-11-9-20-41(47)36-16-7-4-8-17-36/h3-32,58H,1-2H3. The van der Waals surface area contributed by atoms with Gasteiger partial charge in [0.15, 0.2) is 5.58 Å². The molecule has 59 heavy (non-hydrogen) atoms. The second kappa shape index (κ2) is 13.7. The molecule has 1 N–H and O–H groups in total. The van der Waals surface area contributed by atoms with Crippen molar-refractivity contribution in [3.05, 3.63) is 193 Å². The monoisotopic (exact) mass is 759 g/mol. The van der Waals surface area contributed by atoms with E-state index in [0.29, 0.717) is 11.4 Å². The molecule has 0 radical (unpaired) electrons. The third-order valence-electron chi connectivity index (χ3n) is 11.5. The van der Waals surface area contributed by atoms with Crippen LogP contribution in [0, 0.1) is 13.8 Å². The Balaban J connectivity index is 1.18. The Morgan fingerprint density at radius 3 is 1.98 bits per heavy atom. The Kier molecular flexibility index (Phi) is 8.02. The minimum Gasteiger partial charge on any atom is -0.507 e. The van der Waals surface area contributed by atoms with Gasteiger partial charge in [-0.3, -0.25) is 9.55 Å². The maximum Gasteiger partial charge on any atom is 0.161 e. The van der Waals surface area contributed by atoms with Crippen molar-refractivity contribution in [2.75, 3.05) is 0 Å². The van der Waals surface area contributed by atoms with Gasteiger partial charge in [-0.2, -0.15) is 0 Å². The van der Waals surface area contributed by atoms with E-state index in [1.165, 1.54) is 16.5 Å². The molecule has 11 aromatic rings. The summed E-state index contributed by atoms with van der Waals surface area (Å²) >= 11 is 0. The first-order valence-electron chi connectivity index (χ1n) is 19.9. The van der Waals surface area contributed by atoms with Gasteiger partial charge in [-0.15, -0.1) is 0 Å². The Bertz CT molecular complexity index is 3420. The normalized spacial score (nSPS) is 11.6. The van der Waals surface area contributed by atoms with Gasteiger partial charge < -0.3 is 9.52 Å². The summed E-state index contributed by atoms with van der Waals surface area (Å²) in [5.74, 6) is 0.812. The zero-order chi connectivity index (χ0) is 39.6. The quantitative estimate of drug-likeness (QED) is 0.183. The molecule has 0 aliphatic carbocycles. The number of phenols is 1. The van der Waals surface area contributed by atoms with E-state index in [1.807, 2.05) is 36.5 Å². The molecule has 0 saturated carbocycles. The third kappa shape index (κ3) is 5.70. The minimum absolute atomic E-state index is 0.163. The number of fused-ring (bicyclic) bond motifs is 6. The van der Waals surface area contributed by atoms with Gasteiger partial charge >= 0.3 is 0 Å². The average molecular weight is 760 g/mol. The van der Waals surface area contributed by atoms with Gasteiger partial charge in [0.1, 0.15) is 22.9 Å². The Morgan fingerprint density at radius 2 is 1.17 bits per heavy atom. The molecule has 0 saturated heterocycles. The van der Waals surface area contributed by atoms with Crippen LogP contribution >= 0.6 is 0 Å². The van der Waals surface area contributed by atoms with Crippen LogP contribution in [0.25, 0.3) is 105 Å². The summed E-state index contributed by atoms with van der Waals surface area (Å²) in [7, 11) is 0. The molecule has 11 rings (SSSR count). The van der Waals surface area contributed by atoms with Crippen LogP contribution in [0.3, 0.4) is 0 Å². The number of para-hydroxylation sites is 2. The molecule has 0 amide bonds. The lowest BCUT2D eigenvalue weighted by atomic mass is 9.95. The van der Waals surface area contributed by atoms with Crippen molar-refractivity contribution in [2.45, 2.75) is 13.8 Å². The van der Waals surface area contributed by atoms with Crippen LogP contribution in [0.1, 0.15) is 11.1 Å². The van der Waals surface area contributed by atoms with Crippen molar-refractivity contribution in [3.8, 4) is 67.5 Å². The number of aryl methyl sites for hydroxylation is 2. The highest BCUT2D eigenvalue weighted by Gasteiger charge is 2.24. The van der Waals surface area contributed by atoms with Gasteiger partial charge in [0.05, 0.1) is 22.3 Å². The fraction of sp³-hybridized carbons (Fsp3) is 0.0370. The van der Waals surface area contributed by atoms with Crippen LogP contribution in [0.5, 0.6) is 5.75 Å². The number of furan rings is 1. The van der Waals surface area contributed by atoms with Gasteiger partial charge in [-0.25, -0.2) is 4.98 Å². The van der Waals surface area contributed by atoms with Crippen LogP contribution in [-0.2, 0) is 0 Å². The van der Waals surface area contributed by atoms with Gasteiger partial charge in [0.25, 0.3) is 0 Å². The molecular formula is C54H37N3O2. The highest BCUT2D eigenvalue weighted by molar-refractivity contribution is 6.17. The largest absolute Gasteiger partial charge is 0.507 e. The summed E-state index contributed by atoms with van der Waals surface area (Å²) in [6.45, 7) is 4.29. The van der Waals surface area contributed by atoms with Gasteiger partial charge in [0.2, 0.25) is 0 Å². The molecule has 5 nitrogen and oxygen atoms in total. The second-order valence-corrected chi connectivity index (χ2v) is 15.3. The molecule has 0 fully saturated rings. The average Bonchev–Trinajstić information content (AvgIpc) is 3.86. The van der Waals surface area contributed by atoms with Crippen molar-refractivity contribution in [1.29, 1.82) is 0 Å². The van der Waals surface area contributed by atoms with Crippen LogP contribution in [0.15, 0.2) is 187 Å². The number of hydrogen-bond donors (Lipinski definition) is 1. The fourth-order valence-electron chi connectivity index (χ4n) is 8.81. The summed E-state index contributed by atoms with van der Waals surface area (Å²) in [4.78, 5) is 10.4. The lowest BCUT2D eigenvalue weighted by Crippen LogP contribution is -2.00. The zero-order valence-electron chi connectivity index (χ0n) is 32.5. The number of aromatic nitrogens is 3. The molecule has 0 unspecified atom stereocenters. The smallest absolute Gasteiger partial charge is 0.161 e. The van der Waals surface area contributed by atoms with E-state index in [-0.39, 0.29) is 5.75 Å². The van der Waals surface area contributed by atoms with Gasteiger partial charge in [0, 0.05) is 39.0 Å². The number of rotatable bonds is 6. The number of hydrogen-bond acceptors (Lipinski definition) is 4. The van der Waals surface area contributed by atoms with E-state index in [9.17, 15) is 5.11 Å². The lowest BCUT2D eigenvalue weighted by molar-refractivity contribution is 0.477. The highest BCUT2D eigenvalue weighted by Crippen LogP contribution is 2.44. The number of phenolic OH excluding ortho intramolecular Hbond substituents is 1. The summed E-state index contributed by atoms with van der Waals surface area (Å²) in [6, 6.07) is 60.6. The number of aromatic hydroxyl groups is 1. The number of benzene rings is 8. The van der Waals surface area contributed by atoms with E-state index in [4.69, 9.17) is 14.4 Å². The molecule has 0 atom stereocenters. The molecule has 0 aliphatic rings.